The summed E-state index contributed by atoms with van der Waals surface area (Å²) in [7, 11) is 0. The zero-order chi connectivity index (χ0) is 19.8. The Morgan fingerprint density at radius 1 is 1.10 bits per heavy atom. The monoisotopic (exact) mass is 455 g/mol. The van der Waals surface area contributed by atoms with E-state index in [0.29, 0.717) is 22.2 Å². The van der Waals surface area contributed by atoms with Gasteiger partial charge in [0, 0.05) is 27.2 Å². The molecule has 0 atom stereocenters. The van der Waals surface area contributed by atoms with E-state index in [2.05, 4.69) is 4.98 Å². The number of hydrogen-bond donors (Lipinski definition) is 0. The Labute approximate surface area is 183 Å². The average molecular weight is 456 g/mol. The molecule has 0 aliphatic rings. The minimum Gasteiger partial charge on any atom is -0.281 e. The van der Waals surface area contributed by atoms with Crippen molar-refractivity contribution in [2.45, 2.75) is 17.5 Å². The number of fused-ring (bicyclic) bond motifs is 3. The lowest BCUT2D eigenvalue weighted by Crippen LogP contribution is -2.22. The first kappa shape index (κ1) is 18.8. The van der Waals surface area contributed by atoms with Crippen LogP contribution in [0, 0.1) is 0 Å². The highest BCUT2D eigenvalue weighted by Gasteiger charge is 2.17. The first-order chi connectivity index (χ1) is 14.2. The quantitative estimate of drug-likeness (QED) is 0.238. The Hall–Kier alpha value is -2.19. The molecule has 5 rings (SSSR count). The second-order valence-electron chi connectivity index (χ2n) is 6.38. The molecule has 4 aromatic heterocycles. The maximum absolute atomic E-state index is 13.4. The van der Waals surface area contributed by atoms with Gasteiger partial charge in [0.25, 0.3) is 5.56 Å². The van der Waals surface area contributed by atoms with Crippen LogP contribution < -0.4 is 5.56 Å². The van der Waals surface area contributed by atoms with Crippen molar-refractivity contribution in [3.63, 3.8) is 0 Å². The van der Waals surface area contributed by atoms with Crippen LogP contribution in [0.25, 0.3) is 20.4 Å². The normalized spacial score (nSPS) is 11.5. The molecule has 0 aliphatic heterocycles. The Balaban J connectivity index is 1.65. The van der Waals surface area contributed by atoms with E-state index in [0.717, 1.165) is 31.2 Å². The number of benzene rings is 1. The highest BCUT2D eigenvalue weighted by Crippen LogP contribution is 2.32. The summed E-state index contributed by atoms with van der Waals surface area (Å²) in [5.74, 6) is 0.641. The molecule has 0 saturated heterocycles. The summed E-state index contributed by atoms with van der Waals surface area (Å²) in [6, 6.07) is 15.6. The van der Waals surface area contributed by atoms with Gasteiger partial charge in [-0.2, -0.15) is 0 Å². The topological polar surface area (TPSA) is 47.8 Å². The van der Waals surface area contributed by atoms with Crippen LogP contribution in [-0.4, -0.2) is 14.5 Å². The molecular weight excluding hydrogens is 442 g/mol. The molecule has 0 radical (unpaired) electrons. The fourth-order valence-electron chi connectivity index (χ4n) is 3.11. The van der Waals surface area contributed by atoms with Crippen LogP contribution in [0.1, 0.15) is 10.4 Å². The van der Waals surface area contributed by atoms with Crippen molar-refractivity contribution in [3.05, 3.63) is 85.9 Å². The molecule has 0 aliphatic carbocycles. The van der Waals surface area contributed by atoms with Gasteiger partial charge in [0.2, 0.25) is 0 Å². The van der Waals surface area contributed by atoms with E-state index in [1.54, 1.807) is 22.1 Å². The number of rotatable bonds is 5. The van der Waals surface area contributed by atoms with Gasteiger partial charge >= 0.3 is 0 Å². The summed E-state index contributed by atoms with van der Waals surface area (Å²) in [5.41, 5.74) is 1.73. The lowest BCUT2D eigenvalue weighted by atomic mass is 10.2. The van der Waals surface area contributed by atoms with Gasteiger partial charge in [-0.1, -0.05) is 47.6 Å². The molecule has 144 valence electrons. The van der Waals surface area contributed by atoms with Gasteiger partial charge in [0.15, 0.2) is 5.16 Å². The highest BCUT2D eigenvalue weighted by atomic mass is 35.5. The minimum atomic E-state index is -0.0203. The molecule has 0 spiro atoms. The molecule has 4 nitrogen and oxygen atoms in total. The van der Waals surface area contributed by atoms with Crippen LogP contribution in [0.5, 0.6) is 0 Å². The second kappa shape index (κ2) is 7.91. The summed E-state index contributed by atoms with van der Waals surface area (Å²) < 4.78 is 2.42. The average Bonchev–Trinajstić information content (AvgIpc) is 3.38. The lowest BCUT2D eigenvalue weighted by Gasteiger charge is -2.12. The summed E-state index contributed by atoms with van der Waals surface area (Å²) in [4.78, 5) is 24.7. The number of pyridine rings is 1. The van der Waals surface area contributed by atoms with Crippen molar-refractivity contribution in [3.8, 4) is 0 Å². The lowest BCUT2D eigenvalue weighted by molar-refractivity contribution is 0.666. The molecule has 4 heterocycles. The van der Waals surface area contributed by atoms with Gasteiger partial charge in [-0.05, 0) is 35.2 Å². The van der Waals surface area contributed by atoms with Crippen LogP contribution in [0.2, 0.25) is 5.02 Å². The van der Waals surface area contributed by atoms with Crippen LogP contribution in [0.4, 0.5) is 0 Å². The largest absolute Gasteiger partial charge is 0.281 e. The number of nitrogens with zero attached hydrogens (tertiary/aromatic N) is 3. The maximum atomic E-state index is 13.4. The first-order valence-corrected chi connectivity index (χ1v) is 11.9. The van der Waals surface area contributed by atoms with E-state index in [9.17, 15) is 4.79 Å². The van der Waals surface area contributed by atoms with Crippen LogP contribution in [0.15, 0.2) is 70.1 Å². The summed E-state index contributed by atoms with van der Waals surface area (Å²) in [6.45, 7) is 0.506. The SMILES string of the molecule is O=c1c2sc3ncccc3c2nc(SCc2ccccc2Cl)n1Cc1cccs1. The van der Waals surface area contributed by atoms with Gasteiger partial charge in [-0.3, -0.25) is 9.36 Å². The van der Waals surface area contributed by atoms with Crippen molar-refractivity contribution in [2.75, 3.05) is 0 Å². The van der Waals surface area contributed by atoms with Gasteiger partial charge < -0.3 is 0 Å². The van der Waals surface area contributed by atoms with E-state index in [1.165, 1.54) is 23.1 Å². The molecular formula is C21H14ClN3OS3. The van der Waals surface area contributed by atoms with E-state index in [4.69, 9.17) is 16.6 Å². The maximum Gasteiger partial charge on any atom is 0.272 e. The highest BCUT2D eigenvalue weighted by molar-refractivity contribution is 7.98. The Bertz CT molecular complexity index is 1380. The fraction of sp³-hybridized carbons (Fsp3) is 0.0952. The molecule has 1 aromatic carbocycles. The third-order valence-electron chi connectivity index (χ3n) is 4.53. The predicted molar refractivity (Wildman–Crippen MR) is 124 cm³/mol. The number of thioether (sulfide) groups is 1. The Morgan fingerprint density at radius 3 is 2.83 bits per heavy atom. The van der Waals surface area contributed by atoms with Crippen LogP contribution >= 0.6 is 46.0 Å². The van der Waals surface area contributed by atoms with Crippen molar-refractivity contribution in [1.29, 1.82) is 0 Å². The number of thiophene rings is 2. The van der Waals surface area contributed by atoms with Crippen molar-refractivity contribution in [2.24, 2.45) is 0 Å². The van der Waals surface area contributed by atoms with Gasteiger partial charge in [0.05, 0.1) is 12.1 Å². The molecule has 0 N–H and O–H groups in total. The van der Waals surface area contributed by atoms with E-state index in [1.807, 2.05) is 53.9 Å². The number of hydrogen-bond acceptors (Lipinski definition) is 6. The Morgan fingerprint density at radius 2 is 2.00 bits per heavy atom. The molecule has 0 fully saturated rings. The number of halogens is 1. The molecule has 0 unspecified atom stereocenters. The van der Waals surface area contributed by atoms with Crippen molar-refractivity contribution in [1.82, 2.24) is 14.5 Å². The van der Waals surface area contributed by atoms with Crippen molar-refractivity contribution < 1.29 is 0 Å². The zero-order valence-corrected chi connectivity index (χ0v) is 18.2. The number of aromatic nitrogens is 3. The van der Waals surface area contributed by atoms with Gasteiger partial charge in [-0.25, -0.2) is 9.97 Å². The van der Waals surface area contributed by atoms with Crippen LogP contribution in [0.3, 0.4) is 0 Å². The summed E-state index contributed by atoms with van der Waals surface area (Å²) >= 11 is 10.9. The predicted octanol–water partition coefficient (Wildman–Crippen LogP) is 6.06. The molecule has 8 heteroatoms. The smallest absolute Gasteiger partial charge is 0.272 e. The molecule has 0 amide bonds. The van der Waals surface area contributed by atoms with Gasteiger partial charge in [-0.15, -0.1) is 22.7 Å². The van der Waals surface area contributed by atoms with E-state index < -0.39 is 0 Å². The standard InChI is InChI=1S/C21H14ClN3OS3/c22-16-8-2-1-5-13(16)12-28-21-24-17-15-7-3-9-23-19(15)29-18(17)20(26)25(21)11-14-6-4-10-27-14/h1-10H,11-12H2. The van der Waals surface area contributed by atoms with Gasteiger partial charge in [0.1, 0.15) is 9.53 Å². The fourth-order valence-corrected chi connectivity index (χ4v) is 6.11. The molecule has 0 saturated carbocycles. The van der Waals surface area contributed by atoms with Crippen molar-refractivity contribution >= 4 is 66.5 Å². The molecule has 0 bridgehead atoms. The van der Waals surface area contributed by atoms with E-state index >= 15 is 0 Å². The minimum absolute atomic E-state index is 0.0203. The molecule has 29 heavy (non-hydrogen) atoms. The summed E-state index contributed by atoms with van der Waals surface area (Å²) in [6.07, 6.45) is 1.74. The van der Waals surface area contributed by atoms with E-state index in [-0.39, 0.29) is 5.56 Å². The van der Waals surface area contributed by atoms with Crippen LogP contribution in [-0.2, 0) is 12.3 Å². The Kier molecular flexibility index (Phi) is 5.13. The second-order valence-corrected chi connectivity index (χ2v) is 9.76. The first-order valence-electron chi connectivity index (χ1n) is 8.87. The molecule has 5 aromatic rings. The zero-order valence-electron chi connectivity index (χ0n) is 15.0. The third-order valence-corrected chi connectivity index (χ3v) is 7.87. The third kappa shape index (κ3) is 3.59. The summed E-state index contributed by atoms with van der Waals surface area (Å²) in [5, 5.41) is 4.36.